The van der Waals surface area contributed by atoms with Gasteiger partial charge in [0.2, 0.25) is 0 Å². The average molecular weight is 398 g/mol. The van der Waals surface area contributed by atoms with Crippen LogP contribution < -0.4 is 4.90 Å². The number of benzene rings is 2. The monoisotopic (exact) mass is 396 g/mol. The van der Waals surface area contributed by atoms with Gasteiger partial charge in [0.1, 0.15) is 6.04 Å². The number of nitro groups is 1. The summed E-state index contributed by atoms with van der Waals surface area (Å²) in [5.74, 6) is 0. The number of alkyl halides is 2. The Labute approximate surface area is 132 Å². The molecule has 0 radical (unpaired) electrons. The van der Waals surface area contributed by atoms with Crippen molar-refractivity contribution >= 4 is 43.2 Å². The Kier molecular flexibility index (Phi) is 3.30. The van der Waals surface area contributed by atoms with Gasteiger partial charge >= 0.3 is 0 Å². The van der Waals surface area contributed by atoms with E-state index in [0.717, 1.165) is 11.3 Å². The molecule has 1 atom stereocenters. The van der Waals surface area contributed by atoms with E-state index in [-0.39, 0.29) is 20.0 Å². The lowest BCUT2D eigenvalue weighted by Crippen LogP contribution is -1.99. The Bertz CT molecular complexity index is 644. The maximum Gasteiger partial charge on any atom is 0.269 e. The largest absolute Gasteiger partial charge is 0.334 e. The quantitative estimate of drug-likeness (QED) is 0.250. The normalized spacial score (nSPS) is 19.7. The summed E-state index contributed by atoms with van der Waals surface area (Å²) in [5, 5.41) is 10.7. The maximum atomic E-state index is 10.7. The summed E-state index contributed by atoms with van der Waals surface area (Å²) < 4.78 is -0.336. The van der Waals surface area contributed by atoms with Crippen LogP contribution in [0.15, 0.2) is 54.6 Å². The van der Waals surface area contributed by atoms with Gasteiger partial charge < -0.3 is 4.90 Å². The number of rotatable bonds is 3. The molecule has 2 aromatic carbocycles. The first kappa shape index (κ1) is 13.6. The van der Waals surface area contributed by atoms with Crippen molar-refractivity contribution in [2.24, 2.45) is 0 Å². The van der Waals surface area contributed by atoms with Gasteiger partial charge in [0.05, 0.1) is 4.92 Å². The van der Waals surface area contributed by atoms with Gasteiger partial charge in [-0.25, -0.2) is 0 Å². The second-order valence-corrected chi connectivity index (χ2v) is 8.03. The summed E-state index contributed by atoms with van der Waals surface area (Å²) in [5.41, 5.74) is 2.22. The summed E-state index contributed by atoms with van der Waals surface area (Å²) in [7, 11) is 0. The van der Waals surface area contributed by atoms with Crippen LogP contribution in [0.25, 0.3) is 0 Å². The number of para-hydroxylation sites is 1. The van der Waals surface area contributed by atoms with E-state index < -0.39 is 0 Å². The number of nitro benzene ring substituents is 1. The minimum Gasteiger partial charge on any atom is -0.334 e. The van der Waals surface area contributed by atoms with Gasteiger partial charge in [0.25, 0.3) is 5.69 Å². The van der Waals surface area contributed by atoms with Gasteiger partial charge in [0.15, 0.2) is 3.36 Å². The van der Waals surface area contributed by atoms with E-state index in [1.165, 1.54) is 12.1 Å². The molecular formula is C14H10Br2N2O2. The van der Waals surface area contributed by atoms with E-state index in [2.05, 4.69) is 36.8 Å². The second-order valence-electron chi connectivity index (χ2n) is 4.54. The van der Waals surface area contributed by atoms with Crippen molar-refractivity contribution in [3.8, 4) is 0 Å². The van der Waals surface area contributed by atoms with Crippen LogP contribution >= 0.6 is 31.9 Å². The van der Waals surface area contributed by atoms with Crippen molar-refractivity contribution in [2.75, 3.05) is 4.90 Å². The summed E-state index contributed by atoms with van der Waals surface area (Å²) in [4.78, 5) is 12.5. The van der Waals surface area contributed by atoms with E-state index >= 15 is 0 Å². The van der Waals surface area contributed by atoms with Gasteiger partial charge in [-0.3, -0.25) is 10.1 Å². The zero-order chi connectivity index (χ0) is 14.3. The molecule has 1 heterocycles. The molecule has 4 nitrogen and oxygen atoms in total. The number of hydrogen-bond donors (Lipinski definition) is 0. The third-order valence-electron chi connectivity index (χ3n) is 3.29. The Hall–Kier alpha value is -1.40. The van der Waals surface area contributed by atoms with Crippen LogP contribution in [0.5, 0.6) is 0 Å². The molecule has 6 heteroatoms. The fourth-order valence-corrected chi connectivity index (χ4v) is 3.83. The molecule has 0 bridgehead atoms. The highest BCUT2D eigenvalue weighted by molar-refractivity contribution is 9.25. The predicted molar refractivity (Wildman–Crippen MR) is 85.3 cm³/mol. The van der Waals surface area contributed by atoms with Crippen LogP contribution in [-0.2, 0) is 0 Å². The van der Waals surface area contributed by atoms with E-state index in [1.807, 2.05) is 30.3 Å². The Morgan fingerprint density at radius 1 is 1.05 bits per heavy atom. The molecule has 0 aromatic heterocycles. The summed E-state index contributed by atoms with van der Waals surface area (Å²) in [6.07, 6.45) is 0. The predicted octanol–water partition coefficient (Wildman–Crippen LogP) is 4.60. The van der Waals surface area contributed by atoms with Crippen molar-refractivity contribution in [1.29, 1.82) is 0 Å². The average Bonchev–Trinajstić information content (AvgIpc) is 3.02. The number of hydrogen-bond acceptors (Lipinski definition) is 3. The van der Waals surface area contributed by atoms with Gasteiger partial charge in [0, 0.05) is 17.8 Å². The molecule has 1 saturated heterocycles. The van der Waals surface area contributed by atoms with Gasteiger partial charge in [-0.1, -0.05) is 18.2 Å². The molecule has 1 aliphatic rings. The Morgan fingerprint density at radius 2 is 1.65 bits per heavy atom. The Balaban J connectivity index is 1.89. The molecule has 0 amide bonds. The molecule has 3 rings (SSSR count). The highest BCUT2D eigenvalue weighted by atomic mass is 79.9. The SMILES string of the molecule is O=[N+]([O-])c1ccc(C2N(c3ccccc3)C2(Br)Br)cc1. The molecule has 0 N–H and O–H groups in total. The van der Waals surface area contributed by atoms with Crippen molar-refractivity contribution in [3.63, 3.8) is 0 Å². The standard InChI is InChI=1S/C14H10Br2N2O2/c15-14(16)13(17(14)11-4-2-1-3-5-11)10-6-8-12(9-7-10)18(19)20/h1-9,13H. The van der Waals surface area contributed by atoms with Crippen molar-refractivity contribution in [2.45, 2.75) is 9.40 Å². The second kappa shape index (κ2) is 4.86. The van der Waals surface area contributed by atoms with E-state index in [0.29, 0.717) is 0 Å². The first-order valence-corrected chi connectivity index (χ1v) is 7.57. The first-order chi connectivity index (χ1) is 9.51. The first-order valence-electron chi connectivity index (χ1n) is 5.98. The number of nitrogens with zero attached hydrogens (tertiary/aromatic N) is 2. The lowest BCUT2D eigenvalue weighted by molar-refractivity contribution is -0.384. The molecule has 0 saturated carbocycles. The van der Waals surface area contributed by atoms with Crippen LogP contribution in [-0.4, -0.2) is 8.28 Å². The van der Waals surface area contributed by atoms with Crippen LogP contribution in [0, 0.1) is 10.1 Å². The summed E-state index contributed by atoms with van der Waals surface area (Å²) >= 11 is 7.30. The van der Waals surface area contributed by atoms with Crippen molar-refractivity contribution < 1.29 is 4.92 Å². The number of halogens is 2. The van der Waals surface area contributed by atoms with Crippen LogP contribution in [0.4, 0.5) is 11.4 Å². The van der Waals surface area contributed by atoms with Gasteiger partial charge in [-0.2, -0.15) is 0 Å². The minimum atomic E-state index is -0.388. The molecule has 102 valence electrons. The maximum absolute atomic E-state index is 10.7. The third-order valence-corrected chi connectivity index (χ3v) is 4.93. The minimum absolute atomic E-state index is 0.103. The highest BCUT2D eigenvalue weighted by Gasteiger charge is 2.60. The fourth-order valence-electron chi connectivity index (χ4n) is 2.28. The van der Waals surface area contributed by atoms with E-state index in [9.17, 15) is 10.1 Å². The zero-order valence-corrected chi connectivity index (χ0v) is 13.4. The number of non-ortho nitro benzene ring substituents is 1. The van der Waals surface area contributed by atoms with Gasteiger partial charge in [-0.05, 0) is 61.7 Å². The molecule has 20 heavy (non-hydrogen) atoms. The fraction of sp³-hybridized carbons (Fsp3) is 0.143. The topological polar surface area (TPSA) is 46.1 Å². The third kappa shape index (κ3) is 2.23. The van der Waals surface area contributed by atoms with Crippen molar-refractivity contribution in [3.05, 3.63) is 70.3 Å². The summed E-state index contributed by atoms with van der Waals surface area (Å²) in [6.45, 7) is 0. The van der Waals surface area contributed by atoms with Crippen molar-refractivity contribution in [1.82, 2.24) is 0 Å². The molecule has 0 aliphatic carbocycles. The number of anilines is 1. The van der Waals surface area contributed by atoms with E-state index in [4.69, 9.17) is 0 Å². The molecule has 1 aliphatic heterocycles. The molecule has 0 spiro atoms. The lowest BCUT2D eigenvalue weighted by atomic mass is 10.1. The van der Waals surface area contributed by atoms with Crippen LogP contribution in [0.2, 0.25) is 0 Å². The Morgan fingerprint density at radius 3 is 2.20 bits per heavy atom. The zero-order valence-electron chi connectivity index (χ0n) is 10.2. The molecular weight excluding hydrogens is 388 g/mol. The molecule has 1 unspecified atom stereocenters. The van der Waals surface area contributed by atoms with Crippen LogP contribution in [0.1, 0.15) is 11.6 Å². The summed E-state index contributed by atoms with van der Waals surface area (Å²) in [6, 6.07) is 16.8. The highest BCUT2D eigenvalue weighted by Crippen LogP contribution is 2.63. The lowest BCUT2D eigenvalue weighted by Gasteiger charge is -2.05. The van der Waals surface area contributed by atoms with E-state index in [1.54, 1.807) is 12.1 Å². The van der Waals surface area contributed by atoms with Crippen LogP contribution in [0.3, 0.4) is 0 Å². The smallest absolute Gasteiger partial charge is 0.269 e. The van der Waals surface area contributed by atoms with Gasteiger partial charge in [-0.15, -0.1) is 0 Å². The molecule has 2 aromatic rings. The molecule has 1 fully saturated rings.